The molecule has 1 unspecified atom stereocenters. The van der Waals surface area contributed by atoms with E-state index in [1.165, 1.54) is 49.7 Å². The lowest BCUT2D eigenvalue weighted by Gasteiger charge is -2.16. The van der Waals surface area contributed by atoms with E-state index in [0.29, 0.717) is 29.2 Å². The van der Waals surface area contributed by atoms with Crippen molar-refractivity contribution in [1.82, 2.24) is 14.8 Å². The van der Waals surface area contributed by atoms with Gasteiger partial charge in [0.05, 0.1) is 36.8 Å². The van der Waals surface area contributed by atoms with Crippen LogP contribution in [0.4, 0.5) is 5.69 Å². The summed E-state index contributed by atoms with van der Waals surface area (Å²) < 4.78 is 17.4. The van der Waals surface area contributed by atoms with Crippen LogP contribution in [0.2, 0.25) is 0 Å². The quantitative estimate of drug-likeness (QED) is 0.187. The molecule has 0 saturated carbocycles. The van der Waals surface area contributed by atoms with Gasteiger partial charge in [-0.1, -0.05) is 43.8 Å². The average molecular weight is 553 g/mol. The highest BCUT2D eigenvalue weighted by molar-refractivity contribution is 7.99. The van der Waals surface area contributed by atoms with Crippen LogP contribution in [0.15, 0.2) is 60.3 Å². The van der Waals surface area contributed by atoms with Crippen molar-refractivity contribution in [3.8, 4) is 5.75 Å². The first-order valence-electron chi connectivity index (χ1n) is 12.2. The highest BCUT2D eigenvalue weighted by Gasteiger charge is 2.21. The summed E-state index contributed by atoms with van der Waals surface area (Å²) >= 11 is 1.17. The van der Waals surface area contributed by atoms with Crippen LogP contribution in [0.25, 0.3) is 0 Å². The molecular weight excluding hydrogens is 520 g/mol. The van der Waals surface area contributed by atoms with E-state index in [0.717, 1.165) is 0 Å². The molecule has 39 heavy (non-hydrogen) atoms. The molecular formula is C28H32N4O6S. The fourth-order valence-corrected chi connectivity index (χ4v) is 4.45. The molecule has 1 aromatic heterocycles. The lowest BCUT2D eigenvalue weighted by molar-refractivity contribution is -0.113. The van der Waals surface area contributed by atoms with Crippen molar-refractivity contribution in [3.63, 3.8) is 0 Å². The maximum atomic E-state index is 12.8. The lowest BCUT2D eigenvalue weighted by Crippen LogP contribution is -2.18. The van der Waals surface area contributed by atoms with Crippen molar-refractivity contribution in [1.29, 1.82) is 0 Å². The zero-order valence-electron chi connectivity index (χ0n) is 22.6. The predicted molar refractivity (Wildman–Crippen MR) is 148 cm³/mol. The zero-order chi connectivity index (χ0) is 28.5. The Labute approximate surface area is 231 Å². The molecule has 0 aliphatic carbocycles. The van der Waals surface area contributed by atoms with Gasteiger partial charge in [0.2, 0.25) is 5.91 Å². The topological polar surface area (TPSA) is 122 Å². The molecule has 0 saturated heterocycles. The Morgan fingerprint density at radius 2 is 1.72 bits per heavy atom. The summed E-state index contributed by atoms with van der Waals surface area (Å²) in [6.07, 6.45) is 1.30. The van der Waals surface area contributed by atoms with Crippen LogP contribution in [0.3, 0.4) is 0 Å². The molecule has 1 heterocycles. The van der Waals surface area contributed by atoms with Gasteiger partial charge in [-0.2, -0.15) is 0 Å². The van der Waals surface area contributed by atoms with E-state index in [4.69, 9.17) is 14.2 Å². The summed E-state index contributed by atoms with van der Waals surface area (Å²) in [6.45, 7) is 10.4. The molecule has 1 amide bonds. The molecule has 0 aliphatic rings. The Kier molecular flexibility index (Phi) is 10.3. The van der Waals surface area contributed by atoms with Crippen molar-refractivity contribution < 1.29 is 28.6 Å². The van der Waals surface area contributed by atoms with Gasteiger partial charge in [-0.05, 0) is 48.7 Å². The monoisotopic (exact) mass is 552 g/mol. The molecule has 0 aliphatic heterocycles. The number of carbonyl (C=O) groups is 3. The van der Waals surface area contributed by atoms with Crippen LogP contribution >= 0.6 is 11.8 Å². The van der Waals surface area contributed by atoms with Gasteiger partial charge in [0, 0.05) is 6.54 Å². The molecule has 11 heteroatoms. The number of benzene rings is 2. The molecule has 3 aromatic rings. The zero-order valence-corrected chi connectivity index (χ0v) is 23.4. The fraction of sp³-hybridized carbons (Fsp3) is 0.321. The number of allylic oxidation sites excluding steroid dienone is 1. The standard InChI is InChI=1S/C28H32N4O6S/c1-7-14-32-25(18(4)38-21-11-8-19(9-12-21)17(2)3)30-31-28(32)39-16-24(33)29-23-15-20(26(34)36-5)10-13-22(23)27(35)37-6/h7-13,15,17-18H,1,14,16H2,2-6H3,(H,29,33). The van der Waals surface area contributed by atoms with Crippen molar-refractivity contribution in [2.45, 2.75) is 44.5 Å². The highest BCUT2D eigenvalue weighted by Crippen LogP contribution is 2.27. The van der Waals surface area contributed by atoms with E-state index >= 15 is 0 Å². The number of esters is 2. The van der Waals surface area contributed by atoms with Crippen LogP contribution < -0.4 is 10.1 Å². The largest absolute Gasteiger partial charge is 0.483 e. The molecule has 1 N–H and O–H groups in total. The summed E-state index contributed by atoms with van der Waals surface area (Å²) in [5.74, 6) is 0.00796. The van der Waals surface area contributed by atoms with Gasteiger partial charge in [0.1, 0.15) is 5.75 Å². The number of carbonyl (C=O) groups excluding carboxylic acids is 3. The molecule has 2 aromatic carbocycles. The normalized spacial score (nSPS) is 11.5. The van der Waals surface area contributed by atoms with Gasteiger partial charge in [0.25, 0.3) is 0 Å². The summed E-state index contributed by atoms with van der Waals surface area (Å²) in [7, 11) is 2.47. The number of hydrogen-bond donors (Lipinski definition) is 1. The third-order valence-corrected chi connectivity index (χ3v) is 6.70. The van der Waals surface area contributed by atoms with Crippen LogP contribution in [-0.2, 0) is 20.8 Å². The first kappa shape index (κ1) is 29.4. The third-order valence-electron chi connectivity index (χ3n) is 5.73. The first-order chi connectivity index (χ1) is 18.7. The second kappa shape index (κ2) is 13.6. The number of rotatable bonds is 12. The van der Waals surface area contributed by atoms with Crippen LogP contribution in [0.5, 0.6) is 5.75 Å². The number of hydrogen-bond acceptors (Lipinski definition) is 9. The minimum absolute atomic E-state index is 0.0375. The van der Waals surface area contributed by atoms with E-state index in [9.17, 15) is 14.4 Å². The van der Waals surface area contributed by atoms with Gasteiger partial charge >= 0.3 is 11.9 Å². The molecule has 0 bridgehead atoms. The van der Waals surface area contributed by atoms with E-state index in [1.807, 2.05) is 35.8 Å². The lowest BCUT2D eigenvalue weighted by atomic mass is 10.0. The Hall–Kier alpha value is -4.12. The number of nitrogens with one attached hydrogen (secondary N) is 1. The van der Waals surface area contributed by atoms with Crippen LogP contribution in [0.1, 0.15) is 64.9 Å². The molecule has 3 rings (SSSR count). The van der Waals surface area contributed by atoms with Crippen molar-refractivity contribution in [2.75, 3.05) is 25.3 Å². The molecule has 0 spiro atoms. The second-order valence-electron chi connectivity index (χ2n) is 8.80. The summed E-state index contributed by atoms with van der Waals surface area (Å²) in [5.41, 5.74) is 1.64. The number of methoxy groups -OCH3 is 2. The van der Waals surface area contributed by atoms with E-state index in [2.05, 4.69) is 35.9 Å². The number of aromatic nitrogens is 3. The van der Waals surface area contributed by atoms with Crippen molar-refractivity contribution in [3.05, 3.63) is 77.6 Å². The van der Waals surface area contributed by atoms with Gasteiger partial charge in [-0.15, -0.1) is 16.8 Å². The second-order valence-corrected chi connectivity index (χ2v) is 9.75. The summed E-state index contributed by atoms with van der Waals surface area (Å²) in [5, 5.41) is 11.7. The van der Waals surface area contributed by atoms with E-state index in [1.54, 1.807) is 6.08 Å². The number of amides is 1. The number of anilines is 1. The Bertz CT molecular complexity index is 1340. The van der Waals surface area contributed by atoms with Gasteiger partial charge in [-0.25, -0.2) is 9.59 Å². The smallest absolute Gasteiger partial charge is 0.339 e. The Morgan fingerprint density at radius 3 is 2.33 bits per heavy atom. The van der Waals surface area contributed by atoms with Crippen LogP contribution in [-0.4, -0.2) is 52.6 Å². The minimum Gasteiger partial charge on any atom is -0.483 e. The fourth-order valence-electron chi connectivity index (χ4n) is 3.69. The SMILES string of the molecule is C=CCn1c(SCC(=O)Nc2cc(C(=O)OC)ccc2C(=O)OC)nnc1C(C)Oc1ccc(C(C)C)cc1. The Balaban J connectivity index is 1.73. The Morgan fingerprint density at radius 1 is 1.03 bits per heavy atom. The van der Waals surface area contributed by atoms with Crippen molar-refractivity contribution in [2.24, 2.45) is 0 Å². The average Bonchev–Trinajstić information content (AvgIpc) is 3.34. The molecule has 0 fully saturated rings. The number of nitrogens with zero attached hydrogens (tertiary/aromatic N) is 3. The molecule has 10 nitrogen and oxygen atoms in total. The van der Waals surface area contributed by atoms with Crippen molar-refractivity contribution >= 4 is 35.3 Å². The number of ether oxygens (including phenoxy) is 3. The van der Waals surface area contributed by atoms with Gasteiger partial charge < -0.3 is 19.5 Å². The predicted octanol–water partition coefficient (Wildman–Crippen LogP) is 5.03. The van der Waals surface area contributed by atoms with Crippen LogP contribution in [0, 0.1) is 0 Å². The summed E-state index contributed by atoms with van der Waals surface area (Å²) in [4.78, 5) is 36.9. The van der Waals surface area contributed by atoms with Gasteiger partial charge in [-0.3, -0.25) is 9.36 Å². The highest BCUT2D eigenvalue weighted by atomic mass is 32.2. The molecule has 0 radical (unpaired) electrons. The van der Waals surface area contributed by atoms with Gasteiger partial charge in [0.15, 0.2) is 17.1 Å². The maximum Gasteiger partial charge on any atom is 0.339 e. The molecule has 206 valence electrons. The van der Waals surface area contributed by atoms with E-state index < -0.39 is 23.9 Å². The maximum absolute atomic E-state index is 12.8. The first-order valence-corrected chi connectivity index (χ1v) is 13.2. The summed E-state index contributed by atoms with van der Waals surface area (Å²) in [6, 6.07) is 12.1. The third kappa shape index (κ3) is 7.47. The van der Waals surface area contributed by atoms with E-state index in [-0.39, 0.29) is 22.6 Å². The molecule has 1 atom stereocenters. The number of thioether (sulfide) groups is 1. The minimum atomic E-state index is -0.655.